The fourth-order valence-electron chi connectivity index (χ4n) is 0.725. The molecule has 0 unspecified atom stereocenters. The van der Waals surface area contributed by atoms with Gasteiger partial charge in [-0.1, -0.05) is 0 Å². The molecule has 1 aromatic heterocycles. The zero-order valence-electron chi connectivity index (χ0n) is 7.71. The van der Waals surface area contributed by atoms with E-state index in [9.17, 15) is 13.2 Å². The van der Waals surface area contributed by atoms with E-state index >= 15 is 0 Å². The highest BCUT2D eigenvalue weighted by Gasteiger charge is 2.31. The van der Waals surface area contributed by atoms with E-state index in [1.807, 2.05) is 0 Å². The number of H-pyrrole nitrogens is 1. The molecular formula is C7H8F3N3OS. The van der Waals surface area contributed by atoms with Gasteiger partial charge in [0.05, 0.1) is 17.7 Å². The molecule has 0 aliphatic carbocycles. The number of nitrogens with one attached hydrogen (secondary N) is 1. The number of thioether (sulfide) groups is 1. The quantitative estimate of drug-likeness (QED) is 0.499. The van der Waals surface area contributed by atoms with Gasteiger partial charge in [0.1, 0.15) is 0 Å². The molecule has 0 saturated heterocycles. The first-order valence-electron chi connectivity index (χ1n) is 3.96. The van der Waals surface area contributed by atoms with Crippen molar-refractivity contribution in [1.82, 2.24) is 10.2 Å². The maximum atomic E-state index is 12.0. The second-order valence-corrected chi connectivity index (χ2v) is 3.43. The van der Waals surface area contributed by atoms with E-state index < -0.39 is 5.51 Å². The largest absolute Gasteiger partial charge is 0.483 e. The van der Waals surface area contributed by atoms with Gasteiger partial charge < -0.3 is 4.74 Å². The van der Waals surface area contributed by atoms with Gasteiger partial charge in [0.2, 0.25) is 0 Å². The molecule has 8 heteroatoms. The van der Waals surface area contributed by atoms with Gasteiger partial charge in [0.25, 0.3) is 0 Å². The van der Waals surface area contributed by atoms with Crippen LogP contribution in [0.5, 0.6) is 0 Å². The highest BCUT2D eigenvalue weighted by molar-refractivity contribution is 8.00. The van der Waals surface area contributed by atoms with Crippen LogP contribution in [0.15, 0.2) is 16.1 Å². The van der Waals surface area contributed by atoms with Crippen LogP contribution in [0.25, 0.3) is 0 Å². The number of ether oxygens (including phenoxy) is 1. The lowest BCUT2D eigenvalue weighted by Gasteiger charge is -2.02. The first-order chi connectivity index (χ1) is 7.03. The van der Waals surface area contributed by atoms with E-state index in [1.54, 1.807) is 6.92 Å². The number of aromatic amines is 1. The van der Waals surface area contributed by atoms with Gasteiger partial charge in [-0.25, -0.2) is 4.99 Å². The van der Waals surface area contributed by atoms with Crippen LogP contribution in [-0.4, -0.2) is 28.7 Å². The molecule has 0 aromatic carbocycles. The van der Waals surface area contributed by atoms with Crippen LogP contribution in [0.1, 0.15) is 6.92 Å². The summed E-state index contributed by atoms with van der Waals surface area (Å²) >= 11 is -0.271. The van der Waals surface area contributed by atoms with Crippen LogP contribution < -0.4 is 0 Å². The molecule has 0 spiro atoms. The molecule has 0 atom stereocenters. The van der Waals surface area contributed by atoms with Gasteiger partial charge in [-0.2, -0.15) is 18.3 Å². The van der Waals surface area contributed by atoms with E-state index in [-0.39, 0.29) is 22.5 Å². The fourth-order valence-corrected chi connectivity index (χ4v) is 1.27. The molecule has 0 radical (unpaired) electrons. The molecule has 4 nitrogen and oxygen atoms in total. The molecule has 0 aliphatic heterocycles. The summed E-state index contributed by atoms with van der Waals surface area (Å²) in [7, 11) is 0. The van der Waals surface area contributed by atoms with Crippen molar-refractivity contribution in [3.8, 4) is 0 Å². The minimum absolute atomic E-state index is 0.0331. The lowest BCUT2D eigenvalue weighted by atomic mass is 10.6. The van der Waals surface area contributed by atoms with E-state index in [4.69, 9.17) is 4.74 Å². The molecular weight excluding hydrogens is 231 g/mol. The number of hydrogen-bond acceptors (Lipinski definition) is 4. The Labute approximate surface area is 87.9 Å². The van der Waals surface area contributed by atoms with Crippen molar-refractivity contribution >= 4 is 24.0 Å². The Morgan fingerprint density at radius 1 is 1.67 bits per heavy atom. The summed E-state index contributed by atoms with van der Waals surface area (Å²) in [5.74, 6) is 0.0331. The Balaban J connectivity index is 2.69. The summed E-state index contributed by atoms with van der Waals surface area (Å²) in [6.45, 7) is 2.14. The molecule has 1 rings (SSSR count). The van der Waals surface area contributed by atoms with Gasteiger partial charge in [-0.15, -0.1) is 0 Å². The topological polar surface area (TPSA) is 50.3 Å². The van der Waals surface area contributed by atoms with Gasteiger partial charge in [0, 0.05) is 0 Å². The maximum Gasteiger partial charge on any atom is 0.446 e. The molecule has 1 N–H and O–H groups in total. The molecule has 0 aliphatic rings. The predicted molar refractivity (Wildman–Crippen MR) is 50.3 cm³/mol. The minimum Gasteiger partial charge on any atom is -0.483 e. The van der Waals surface area contributed by atoms with Gasteiger partial charge in [-0.05, 0) is 18.7 Å². The Morgan fingerprint density at radius 3 is 3.00 bits per heavy atom. The summed E-state index contributed by atoms with van der Waals surface area (Å²) in [6, 6.07) is 0. The number of halogens is 3. The summed E-state index contributed by atoms with van der Waals surface area (Å²) in [5, 5.41) is 5.81. The first kappa shape index (κ1) is 11.9. The van der Waals surface area contributed by atoms with Crippen molar-refractivity contribution in [2.24, 2.45) is 4.99 Å². The number of hydrogen-bond donors (Lipinski definition) is 1. The Bertz CT molecular complexity index is 336. The van der Waals surface area contributed by atoms with Crippen molar-refractivity contribution in [3.05, 3.63) is 6.20 Å². The monoisotopic (exact) mass is 239 g/mol. The smallest absolute Gasteiger partial charge is 0.446 e. The third-order valence-electron chi connectivity index (χ3n) is 1.23. The molecule has 0 bridgehead atoms. The molecule has 0 saturated carbocycles. The number of aromatic nitrogens is 2. The van der Waals surface area contributed by atoms with Gasteiger partial charge in [0.15, 0.2) is 12.2 Å². The highest BCUT2D eigenvalue weighted by atomic mass is 32.2. The lowest BCUT2D eigenvalue weighted by Crippen LogP contribution is -1.98. The van der Waals surface area contributed by atoms with E-state index in [0.717, 1.165) is 12.6 Å². The molecule has 0 fully saturated rings. The van der Waals surface area contributed by atoms with Crippen LogP contribution in [0, 0.1) is 0 Å². The van der Waals surface area contributed by atoms with Crippen molar-refractivity contribution in [2.45, 2.75) is 17.3 Å². The Hall–Kier alpha value is -1.18. The van der Waals surface area contributed by atoms with E-state index in [2.05, 4.69) is 15.2 Å². The normalized spacial score (nSPS) is 12.3. The standard InChI is InChI=1S/C7H8F3N3OS/c1-2-14-4-11-6-5(3-12-13-6)15-7(8,9)10/h3-4H,2H2,1H3,(H,12,13). The number of nitrogens with zero attached hydrogens (tertiary/aromatic N) is 2. The molecule has 15 heavy (non-hydrogen) atoms. The molecule has 1 aromatic rings. The van der Waals surface area contributed by atoms with Crippen molar-refractivity contribution in [1.29, 1.82) is 0 Å². The highest BCUT2D eigenvalue weighted by Crippen LogP contribution is 2.40. The first-order valence-corrected chi connectivity index (χ1v) is 4.78. The van der Waals surface area contributed by atoms with Crippen LogP contribution in [0.2, 0.25) is 0 Å². The zero-order chi connectivity index (χ0) is 11.3. The lowest BCUT2D eigenvalue weighted by molar-refractivity contribution is -0.0328. The maximum absolute atomic E-state index is 12.0. The number of aliphatic imine (C=N–C) groups is 1. The zero-order valence-corrected chi connectivity index (χ0v) is 8.52. The summed E-state index contributed by atoms with van der Waals surface area (Å²) < 4.78 is 40.8. The van der Waals surface area contributed by atoms with Gasteiger partial charge >= 0.3 is 5.51 Å². The van der Waals surface area contributed by atoms with Crippen LogP contribution in [0.3, 0.4) is 0 Å². The molecule has 1 heterocycles. The summed E-state index contributed by atoms with van der Waals surface area (Å²) in [5.41, 5.74) is -4.35. The molecule has 84 valence electrons. The number of alkyl halides is 3. The second-order valence-electron chi connectivity index (χ2n) is 2.32. The summed E-state index contributed by atoms with van der Waals surface area (Å²) in [6.07, 6.45) is 2.14. The summed E-state index contributed by atoms with van der Waals surface area (Å²) in [4.78, 5) is 3.57. The van der Waals surface area contributed by atoms with Crippen molar-refractivity contribution in [3.63, 3.8) is 0 Å². The fraction of sp³-hybridized carbons (Fsp3) is 0.429. The Morgan fingerprint density at radius 2 is 2.40 bits per heavy atom. The third kappa shape index (κ3) is 4.24. The van der Waals surface area contributed by atoms with Crippen LogP contribution in [0.4, 0.5) is 19.0 Å². The second kappa shape index (κ2) is 5.06. The third-order valence-corrected chi connectivity index (χ3v) is 1.98. The molecule has 0 amide bonds. The van der Waals surface area contributed by atoms with Crippen LogP contribution >= 0.6 is 11.8 Å². The van der Waals surface area contributed by atoms with E-state index in [1.165, 1.54) is 0 Å². The van der Waals surface area contributed by atoms with E-state index in [0.29, 0.717) is 6.61 Å². The average molecular weight is 239 g/mol. The Kier molecular flexibility index (Phi) is 4.01. The minimum atomic E-state index is -4.35. The SMILES string of the molecule is CCOC=Nc1[nH]ncc1SC(F)(F)F. The average Bonchev–Trinajstić information content (AvgIpc) is 2.50. The van der Waals surface area contributed by atoms with Crippen molar-refractivity contribution < 1.29 is 17.9 Å². The predicted octanol–water partition coefficient (Wildman–Crippen LogP) is 2.72. The number of rotatable bonds is 4. The van der Waals surface area contributed by atoms with Crippen LogP contribution in [-0.2, 0) is 4.74 Å². The van der Waals surface area contributed by atoms with Crippen molar-refractivity contribution in [2.75, 3.05) is 6.61 Å². The van der Waals surface area contributed by atoms with Gasteiger partial charge in [-0.3, -0.25) is 5.10 Å².